The van der Waals surface area contributed by atoms with Gasteiger partial charge in [0, 0.05) is 19.1 Å². The number of nitrogens with zero attached hydrogens (tertiary/aromatic N) is 3. The molecule has 1 fully saturated rings. The molecule has 7 heteroatoms. The van der Waals surface area contributed by atoms with Crippen molar-refractivity contribution in [2.24, 2.45) is 11.7 Å². The lowest BCUT2D eigenvalue weighted by Gasteiger charge is -2.31. The highest BCUT2D eigenvalue weighted by Crippen LogP contribution is 2.24. The Hall–Kier alpha value is -0.920. The normalized spacial score (nSPS) is 22.0. The fraction of sp³-hybridized carbons (Fsp3) is 0.750. The first-order chi connectivity index (χ1) is 8.96. The van der Waals surface area contributed by atoms with Gasteiger partial charge in [-0.1, -0.05) is 0 Å². The topological polar surface area (TPSA) is 81.2 Å². The van der Waals surface area contributed by atoms with Crippen LogP contribution in [0.15, 0.2) is 17.3 Å². The summed E-state index contributed by atoms with van der Waals surface area (Å²) in [6.45, 7) is 5.47. The van der Waals surface area contributed by atoms with E-state index in [0.717, 1.165) is 12.8 Å². The van der Waals surface area contributed by atoms with E-state index in [9.17, 15) is 8.42 Å². The molecule has 2 heterocycles. The molecule has 1 saturated heterocycles. The summed E-state index contributed by atoms with van der Waals surface area (Å²) in [5.41, 5.74) is 5.67. The van der Waals surface area contributed by atoms with E-state index in [4.69, 9.17) is 5.73 Å². The van der Waals surface area contributed by atoms with E-state index >= 15 is 0 Å². The summed E-state index contributed by atoms with van der Waals surface area (Å²) in [4.78, 5) is 0. The van der Waals surface area contributed by atoms with Gasteiger partial charge in [-0.15, -0.1) is 0 Å². The molecule has 0 saturated carbocycles. The zero-order valence-corrected chi connectivity index (χ0v) is 12.3. The lowest BCUT2D eigenvalue weighted by molar-refractivity contribution is 0.269. The van der Waals surface area contributed by atoms with Crippen molar-refractivity contribution in [1.29, 1.82) is 0 Å². The Balaban J connectivity index is 2.29. The summed E-state index contributed by atoms with van der Waals surface area (Å²) in [7, 11) is -3.46. The fourth-order valence-electron chi connectivity index (χ4n) is 2.46. The molecule has 1 atom stereocenters. The largest absolute Gasteiger partial charge is 0.330 e. The summed E-state index contributed by atoms with van der Waals surface area (Å²) in [6, 6.07) is 1.59. The van der Waals surface area contributed by atoms with Crippen LogP contribution in [0.2, 0.25) is 0 Å². The summed E-state index contributed by atoms with van der Waals surface area (Å²) in [5, 5.41) is 4.38. The van der Waals surface area contributed by atoms with Crippen molar-refractivity contribution < 1.29 is 8.42 Å². The molecule has 1 aliphatic heterocycles. The van der Waals surface area contributed by atoms with E-state index in [1.165, 1.54) is 6.20 Å². The minimum atomic E-state index is -3.46. The van der Waals surface area contributed by atoms with Crippen molar-refractivity contribution >= 4 is 10.0 Å². The second kappa shape index (κ2) is 5.60. The van der Waals surface area contributed by atoms with Crippen molar-refractivity contribution in [1.82, 2.24) is 14.1 Å². The van der Waals surface area contributed by atoms with Crippen LogP contribution in [0, 0.1) is 5.92 Å². The molecule has 1 aromatic heterocycles. The third-order valence-corrected chi connectivity index (χ3v) is 5.41. The van der Waals surface area contributed by atoms with Crippen molar-refractivity contribution in [2.45, 2.75) is 37.8 Å². The smallest absolute Gasteiger partial charge is 0.260 e. The monoisotopic (exact) mass is 286 g/mol. The van der Waals surface area contributed by atoms with Gasteiger partial charge in [0.25, 0.3) is 10.0 Å². The number of hydrogen-bond acceptors (Lipinski definition) is 4. The predicted octanol–water partition coefficient (Wildman–Crippen LogP) is 0.823. The highest BCUT2D eigenvalue weighted by molar-refractivity contribution is 7.89. The van der Waals surface area contributed by atoms with Gasteiger partial charge in [-0.2, -0.15) is 9.40 Å². The summed E-state index contributed by atoms with van der Waals surface area (Å²) in [6.07, 6.45) is 3.42. The molecule has 0 amide bonds. The Morgan fingerprint density at radius 3 is 2.89 bits per heavy atom. The van der Waals surface area contributed by atoms with Crippen molar-refractivity contribution in [3.8, 4) is 0 Å². The summed E-state index contributed by atoms with van der Waals surface area (Å²) >= 11 is 0. The molecule has 0 unspecified atom stereocenters. The standard InChI is InChI=1S/C12H22N4O2S/c1-10(2)16-12(5-6-14-16)19(17,18)15-7-3-4-11(8-13)9-15/h5-6,10-11H,3-4,7-9,13H2,1-2H3/t11-/m0/s1. The highest BCUT2D eigenvalue weighted by Gasteiger charge is 2.32. The Kier molecular flexibility index (Phi) is 4.27. The molecule has 0 aliphatic carbocycles. The van der Waals surface area contributed by atoms with Crippen LogP contribution < -0.4 is 5.73 Å². The Labute approximate surface area is 114 Å². The first-order valence-corrected chi connectivity index (χ1v) is 8.14. The molecule has 0 bridgehead atoms. The predicted molar refractivity (Wildman–Crippen MR) is 73.1 cm³/mol. The van der Waals surface area contributed by atoms with Gasteiger partial charge in [0.2, 0.25) is 0 Å². The molecule has 2 rings (SSSR count). The molecule has 1 aliphatic rings. The third-order valence-electron chi connectivity index (χ3n) is 3.54. The highest BCUT2D eigenvalue weighted by atomic mass is 32.2. The minimum Gasteiger partial charge on any atom is -0.330 e. The number of piperidine rings is 1. The van der Waals surface area contributed by atoms with Crippen LogP contribution in [0.25, 0.3) is 0 Å². The molecule has 19 heavy (non-hydrogen) atoms. The third kappa shape index (κ3) is 2.82. The van der Waals surface area contributed by atoms with Crippen molar-refractivity contribution in [2.75, 3.05) is 19.6 Å². The van der Waals surface area contributed by atoms with E-state index < -0.39 is 10.0 Å². The maximum Gasteiger partial charge on any atom is 0.260 e. The van der Waals surface area contributed by atoms with Crippen LogP contribution in [0.4, 0.5) is 0 Å². The second-order valence-corrected chi connectivity index (χ2v) is 7.20. The molecule has 6 nitrogen and oxygen atoms in total. The van der Waals surface area contributed by atoms with E-state index in [2.05, 4.69) is 5.10 Å². The Morgan fingerprint density at radius 1 is 1.53 bits per heavy atom. The maximum atomic E-state index is 12.7. The lowest BCUT2D eigenvalue weighted by Crippen LogP contribution is -2.42. The Morgan fingerprint density at radius 2 is 2.26 bits per heavy atom. The first kappa shape index (κ1) is 14.5. The molecule has 2 N–H and O–H groups in total. The van der Waals surface area contributed by atoms with Crippen LogP contribution in [0.3, 0.4) is 0 Å². The van der Waals surface area contributed by atoms with Gasteiger partial charge in [-0.25, -0.2) is 8.42 Å². The van der Waals surface area contributed by atoms with Gasteiger partial charge >= 0.3 is 0 Å². The number of sulfonamides is 1. The molecule has 108 valence electrons. The van der Waals surface area contributed by atoms with Gasteiger partial charge in [0.1, 0.15) is 0 Å². The summed E-state index contributed by atoms with van der Waals surface area (Å²) in [5.74, 6) is 0.263. The maximum absolute atomic E-state index is 12.7. The van der Waals surface area contributed by atoms with Crippen LogP contribution >= 0.6 is 0 Å². The van der Waals surface area contributed by atoms with Crippen LogP contribution in [-0.4, -0.2) is 42.1 Å². The average Bonchev–Trinajstić information content (AvgIpc) is 2.89. The van der Waals surface area contributed by atoms with Crippen LogP contribution in [0.5, 0.6) is 0 Å². The first-order valence-electron chi connectivity index (χ1n) is 6.70. The zero-order valence-electron chi connectivity index (χ0n) is 11.5. The van der Waals surface area contributed by atoms with E-state index in [1.807, 2.05) is 13.8 Å². The van der Waals surface area contributed by atoms with E-state index in [0.29, 0.717) is 19.6 Å². The van der Waals surface area contributed by atoms with Gasteiger partial charge in [-0.05, 0) is 45.2 Å². The second-order valence-electron chi connectivity index (χ2n) is 5.31. The number of hydrogen-bond donors (Lipinski definition) is 1. The molecule has 0 aromatic carbocycles. The number of nitrogens with two attached hydrogens (primary N) is 1. The average molecular weight is 286 g/mol. The minimum absolute atomic E-state index is 0.0230. The van der Waals surface area contributed by atoms with Crippen LogP contribution in [-0.2, 0) is 10.0 Å². The van der Waals surface area contributed by atoms with Crippen molar-refractivity contribution in [3.63, 3.8) is 0 Å². The van der Waals surface area contributed by atoms with Gasteiger partial charge < -0.3 is 5.73 Å². The van der Waals surface area contributed by atoms with E-state index in [-0.39, 0.29) is 17.0 Å². The number of aromatic nitrogens is 2. The molecule has 1 aromatic rings. The molecule has 0 spiro atoms. The van der Waals surface area contributed by atoms with E-state index in [1.54, 1.807) is 15.1 Å². The fourth-order valence-corrected chi connectivity index (χ4v) is 4.23. The van der Waals surface area contributed by atoms with Crippen LogP contribution in [0.1, 0.15) is 32.7 Å². The zero-order chi connectivity index (χ0) is 14.0. The Bertz CT molecular complexity index is 524. The number of rotatable bonds is 4. The quantitative estimate of drug-likeness (QED) is 0.888. The van der Waals surface area contributed by atoms with Gasteiger partial charge in [-0.3, -0.25) is 4.68 Å². The lowest BCUT2D eigenvalue weighted by atomic mass is 10.0. The SMILES string of the molecule is CC(C)n1nccc1S(=O)(=O)N1CCC[C@@H](CN)C1. The summed E-state index contributed by atoms with van der Waals surface area (Å²) < 4.78 is 28.4. The molecule has 0 radical (unpaired) electrons. The molecular weight excluding hydrogens is 264 g/mol. The van der Waals surface area contributed by atoms with Crippen molar-refractivity contribution in [3.05, 3.63) is 12.3 Å². The van der Waals surface area contributed by atoms with Gasteiger partial charge in [0.15, 0.2) is 5.03 Å². The van der Waals surface area contributed by atoms with Gasteiger partial charge in [0.05, 0.1) is 6.20 Å². The molecular formula is C12H22N4O2S.